The monoisotopic (exact) mass is 431 g/mol. The summed E-state index contributed by atoms with van der Waals surface area (Å²) in [7, 11) is 0. The molecule has 1 aromatic heterocycles. The molecule has 0 bridgehead atoms. The maximum Gasteiger partial charge on any atom is 0.347 e. The summed E-state index contributed by atoms with van der Waals surface area (Å²) in [5, 5.41) is 5.93. The van der Waals surface area contributed by atoms with Gasteiger partial charge in [-0.05, 0) is 47.7 Å². The van der Waals surface area contributed by atoms with Gasteiger partial charge in [0.25, 0.3) is 0 Å². The Kier molecular flexibility index (Phi) is 6.97. The number of benzene rings is 2. The molecule has 2 heterocycles. The van der Waals surface area contributed by atoms with E-state index in [4.69, 9.17) is 0 Å². The Balaban J connectivity index is 1.32. The second-order valence-corrected chi connectivity index (χ2v) is 8.12. The molecule has 3 aromatic rings. The molecule has 0 saturated carbocycles. The van der Waals surface area contributed by atoms with Gasteiger partial charge in [-0.25, -0.2) is 14.6 Å². The smallest absolute Gasteiger partial charge is 0.336 e. The van der Waals surface area contributed by atoms with E-state index in [1.807, 2.05) is 24.3 Å². The number of carbonyl (C=O) groups excluding carboxylic acids is 1. The molecule has 2 N–H and O–H groups in total. The molecule has 2 aromatic carbocycles. The van der Waals surface area contributed by atoms with E-state index in [2.05, 4.69) is 51.7 Å². The number of carbonyl (C=O) groups is 1. The molecule has 1 atom stereocenters. The van der Waals surface area contributed by atoms with Crippen LogP contribution < -0.4 is 16.3 Å². The SMILES string of the molecule is CC[C@H](CNC(=O)Nc1cccc(Cn2cccnc2=O)c1)N1CCc2ccccc2C1. The average molecular weight is 432 g/mol. The third-order valence-electron chi connectivity index (χ3n) is 5.97. The third kappa shape index (κ3) is 5.42. The summed E-state index contributed by atoms with van der Waals surface area (Å²) in [6.07, 6.45) is 5.20. The first-order valence-electron chi connectivity index (χ1n) is 11.1. The van der Waals surface area contributed by atoms with Crippen LogP contribution in [-0.2, 0) is 19.5 Å². The fourth-order valence-electron chi connectivity index (χ4n) is 4.20. The van der Waals surface area contributed by atoms with Crippen LogP contribution in [0.15, 0.2) is 71.8 Å². The highest BCUT2D eigenvalue weighted by Crippen LogP contribution is 2.21. The molecule has 166 valence electrons. The Morgan fingerprint density at radius 2 is 1.97 bits per heavy atom. The van der Waals surface area contributed by atoms with Gasteiger partial charge in [0.2, 0.25) is 0 Å². The van der Waals surface area contributed by atoms with Crippen molar-refractivity contribution in [2.24, 2.45) is 0 Å². The van der Waals surface area contributed by atoms with E-state index in [0.29, 0.717) is 18.8 Å². The van der Waals surface area contributed by atoms with Crippen molar-refractivity contribution >= 4 is 11.7 Å². The number of urea groups is 1. The largest absolute Gasteiger partial charge is 0.347 e. The van der Waals surface area contributed by atoms with Crippen LogP contribution in [0.3, 0.4) is 0 Å². The van der Waals surface area contributed by atoms with Gasteiger partial charge in [0.05, 0.1) is 6.54 Å². The molecular weight excluding hydrogens is 402 g/mol. The molecular formula is C25H29N5O2. The van der Waals surface area contributed by atoms with Gasteiger partial charge in [-0.15, -0.1) is 0 Å². The topological polar surface area (TPSA) is 79.3 Å². The van der Waals surface area contributed by atoms with E-state index in [0.717, 1.165) is 31.5 Å². The Morgan fingerprint density at radius 3 is 2.78 bits per heavy atom. The standard InChI is InChI=1S/C25H29N5O2/c1-2-23(29-14-11-20-8-3-4-9-21(20)18-29)16-27-24(31)28-22-10-5-7-19(15-22)17-30-13-6-12-26-25(30)32/h3-10,12-13,15,23H,2,11,14,16-18H2,1H3,(H2,27,28,31)/t23-/m1/s1. The fraction of sp³-hybridized carbons (Fsp3) is 0.320. The summed E-state index contributed by atoms with van der Waals surface area (Å²) in [6, 6.07) is 17.9. The van der Waals surface area contributed by atoms with Crippen molar-refractivity contribution in [2.45, 2.75) is 38.9 Å². The predicted octanol–water partition coefficient (Wildman–Crippen LogP) is 3.25. The van der Waals surface area contributed by atoms with Gasteiger partial charge in [-0.1, -0.05) is 43.3 Å². The van der Waals surface area contributed by atoms with Crippen LogP contribution in [0, 0.1) is 0 Å². The number of fused-ring (bicyclic) bond motifs is 1. The maximum atomic E-state index is 12.5. The second kappa shape index (κ2) is 10.2. The lowest BCUT2D eigenvalue weighted by atomic mass is 9.98. The molecule has 7 heteroatoms. The van der Waals surface area contributed by atoms with Crippen LogP contribution in [0.25, 0.3) is 0 Å². The van der Waals surface area contributed by atoms with Crippen LogP contribution in [-0.4, -0.2) is 39.6 Å². The number of rotatable bonds is 7. The first-order chi connectivity index (χ1) is 15.6. The van der Waals surface area contributed by atoms with Crippen LogP contribution in [0.2, 0.25) is 0 Å². The van der Waals surface area contributed by atoms with Crippen LogP contribution in [0.4, 0.5) is 10.5 Å². The fourth-order valence-corrected chi connectivity index (χ4v) is 4.20. The summed E-state index contributed by atoms with van der Waals surface area (Å²) in [5.74, 6) is 0. The summed E-state index contributed by atoms with van der Waals surface area (Å²) < 4.78 is 1.53. The van der Waals surface area contributed by atoms with Gasteiger partial charge in [-0.3, -0.25) is 9.47 Å². The normalized spacial score (nSPS) is 14.4. The van der Waals surface area contributed by atoms with Gasteiger partial charge >= 0.3 is 11.7 Å². The quantitative estimate of drug-likeness (QED) is 0.602. The number of amides is 2. The lowest BCUT2D eigenvalue weighted by Crippen LogP contribution is -2.46. The molecule has 0 fully saturated rings. The lowest BCUT2D eigenvalue weighted by molar-refractivity contribution is 0.170. The summed E-state index contributed by atoms with van der Waals surface area (Å²) in [5.41, 5.74) is 4.12. The number of nitrogens with zero attached hydrogens (tertiary/aromatic N) is 3. The van der Waals surface area contributed by atoms with Crippen molar-refractivity contribution in [3.8, 4) is 0 Å². The van der Waals surface area contributed by atoms with Crippen molar-refractivity contribution in [3.05, 3.63) is 94.2 Å². The minimum Gasteiger partial charge on any atom is -0.336 e. The molecule has 32 heavy (non-hydrogen) atoms. The highest BCUT2D eigenvalue weighted by atomic mass is 16.2. The Morgan fingerprint density at radius 1 is 1.12 bits per heavy atom. The zero-order chi connectivity index (χ0) is 22.3. The highest BCUT2D eigenvalue weighted by Gasteiger charge is 2.22. The Hall–Kier alpha value is -3.45. The van der Waals surface area contributed by atoms with Gasteiger partial charge in [0.1, 0.15) is 0 Å². The number of anilines is 1. The first kappa shape index (κ1) is 21.8. The highest BCUT2D eigenvalue weighted by molar-refractivity contribution is 5.89. The maximum absolute atomic E-state index is 12.5. The molecule has 0 unspecified atom stereocenters. The summed E-state index contributed by atoms with van der Waals surface area (Å²) >= 11 is 0. The van der Waals surface area contributed by atoms with Crippen molar-refractivity contribution in [2.75, 3.05) is 18.4 Å². The van der Waals surface area contributed by atoms with Crippen molar-refractivity contribution in [1.29, 1.82) is 0 Å². The van der Waals surface area contributed by atoms with Gasteiger partial charge in [0, 0.05) is 43.8 Å². The second-order valence-electron chi connectivity index (χ2n) is 8.12. The molecule has 0 radical (unpaired) electrons. The third-order valence-corrected chi connectivity index (χ3v) is 5.97. The van der Waals surface area contributed by atoms with E-state index < -0.39 is 0 Å². The Bertz CT molecular complexity index is 1130. The average Bonchev–Trinajstić information content (AvgIpc) is 2.81. The van der Waals surface area contributed by atoms with Crippen LogP contribution >= 0.6 is 0 Å². The van der Waals surface area contributed by atoms with Crippen molar-refractivity contribution < 1.29 is 4.79 Å². The van der Waals surface area contributed by atoms with E-state index in [1.165, 1.54) is 21.9 Å². The van der Waals surface area contributed by atoms with Crippen molar-refractivity contribution in [1.82, 2.24) is 19.8 Å². The van der Waals surface area contributed by atoms with E-state index in [-0.39, 0.29) is 17.8 Å². The molecule has 1 aliphatic heterocycles. The Labute approximate surface area is 188 Å². The van der Waals surface area contributed by atoms with Gasteiger partial charge < -0.3 is 10.6 Å². The molecule has 0 aliphatic carbocycles. The minimum absolute atomic E-state index is 0.225. The molecule has 4 rings (SSSR count). The zero-order valence-corrected chi connectivity index (χ0v) is 18.3. The van der Waals surface area contributed by atoms with E-state index in [9.17, 15) is 9.59 Å². The molecule has 1 aliphatic rings. The first-order valence-corrected chi connectivity index (χ1v) is 11.1. The van der Waals surface area contributed by atoms with E-state index >= 15 is 0 Å². The molecule has 7 nitrogen and oxygen atoms in total. The van der Waals surface area contributed by atoms with Crippen LogP contribution in [0.1, 0.15) is 30.0 Å². The van der Waals surface area contributed by atoms with E-state index in [1.54, 1.807) is 12.3 Å². The number of aromatic nitrogens is 2. The number of nitrogens with one attached hydrogen (secondary N) is 2. The van der Waals surface area contributed by atoms with Crippen LogP contribution in [0.5, 0.6) is 0 Å². The molecule has 2 amide bonds. The summed E-state index contributed by atoms with van der Waals surface area (Å²) in [4.78, 5) is 30.6. The molecule has 0 saturated heterocycles. The van der Waals surface area contributed by atoms with Gasteiger partial charge in [0.15, 0.2) is 0 Å². The molecule has 0 spiro atoms. The van der Waals surface area contributed by atoms with Crippen molar-refractivity contribution in [3.63, 3.8) is 0 Å². The predicted molar refractivity (Wildman–Crippen MR) is 126 cm³/mol. The zero-order valence-electron chi connectivity index (χ0n) is 18.3. The minimum atomic E-state index is -0.297. The lowest BCUT2D eigenvalue weighted by Gasteiger charge is -2.35. The summed E-state index contributed by atoms with van der Waals surface area (Å²) in [6.45, 7) is 5.09. The number of hydrogen-bond acceptors (Lipinski definition) is 4. The van der Waals surface area contributed by atoms with Gasteiger partial charge in [-0.2, -0.15) is 0 Å². The number of hydrogen-bond donors (Lipinski definition) is 2.